The van der Waals surface area contributed by atoms with Crippen molar-refractivity contribution in [3.05, 3.63) is 182 Å². The minimum Gasteiger partial charge on any atom is -0.311 e. The fourth-order valence-corrected chi connectivity index (χ4v) is 5.17. The lowest BCUT2D eigenvalue weighted by Crippen LogP contribution is -2.20. The summed E-state index contributed by atoms with van der Waals surface area (Å²) in [5.74, 6) is 0. The average molecular weight is 565 g/mol. The van der Waals surface area contributed by atoms with Crippen LogP contribution in [-0.2, 0) is 0 Å². The molecule has 43 heavy (non-hydrogen) atoms. The molecule has 218 valence electrons. The lowest BCUT2D eigenvalue weighted by molar-refractivity contribution is 1.13. The summed E-state index contributed by atoms with van der Waals surface area (Å²) in [6, 6.07) is 17.6. The third kappa shape index (κ3) is 7.42. The molecule has 0 N–H and O–H groups in total. The van der Waals surface area contributed by atoms with Gasteiger partial charge in [-0.2, -0.15) is 0 Å². The molecular weight excluding hydrogens is 520 g/mol. The van der Waals surface area contributed by atoms with Crippen LogP contribution in [0.2, 0.25) is 0 Å². The SMILES string of the molecule is C=C/C=C\C(=C/C)N(C(/C=C\C=C)=C/C)c1cc2ccc(N(C(/C=C\C)=C/C)C(/C=C\C)=C/C=C)cc2c2ccccc12. The van der Waals surface area contributed by atoms with Crippen LogP contribution in [-0.4, -0.2) is 0 Å². The number of fused-ring (bicyclic) bond motifs is 3. The van der Waals surface area contributed by atoms with E-state index < -0.39 is 0 Å². The molecule has 0 saturated carbocycles. The summed E-state index contributed by atoms with van der Waals surface area (Å²) < 4.78 is 0. The third-order valence-electron chi connectivity index (χ3n) is 7.01. The van der Waals surface area contributed by atoms with E-state index in [1.807, 2.05) is 38.2 Å². The van der Waals surface area contributed by atoms with E-state index in [9.17, 15) is 0 Å². The number of hydrogen-bond donors (Lipinski definition) is 0. The van der Waals surface area contributed by atoms with Crippen molar-refractivity contribution in [2.75, 3.05) is 9.80 Å². The van der Waals surface area contributed by atoms with Gasteiger partial charge in [-0.05, 0) is 99.4 Å². The molecule has 3 aromatic rings. The van der Waals surface area contributed by atoms with E-state index in [4.69, 9.17) is 0 Å². The van der Waals surface area contributed by atoms with Gasteiger partial charge in [0.1, 0.15) is 0 Å². The van der Waals surface area contributed by atoms with E-state index in [1.54, 1.807) is 12.2 Å². The van der Waals surface area contributed by atoms with E-state index in [-0.39, 0.29) is 0 Å². The maximum absolute atomic E-state index is 3.98. The molecule has 0 bridgehead atoms. The molecular formula is C41H44N2. The summed E-state index contributed by atoms with van der Waals surface area (Å²) in [4.78, 5) is 4.56. The van der Waals surface area contributed by atoms with Gasteiger partial charge in [-0.3, -0.25) is 0 Å². The molecule has 0 amide bonds. The van der Waals surface area contributed by atoms with Crippen molar-refractivity contribution in [3.63, 3.8) is 0 Å². The first-order valence-electron chi connectivity index (χ1n) is 14.7. The van der Waals surface area contributed by atoms with Crippen molar-refractivity contribution < 1.29 is 0 Å². The van der Waals surface area contributed by atoms with Gasteiger partial charge in [0, 0.05) is 33.9 Å². The summed E-state index contributed by atoms with van der Waals surface area (Å²) in [6.45, 7) is 22.0. The second-order valence-corrected chi connectivity index (χ2v) is 9.68. The predicted molar refractivity (Wildman–Crippen MR) is 194 cm³/mol. The van der Waals surface area contributed by atoms with Gasteiger partial charge >= 0.3 is 0 Å². The van der Waals surface area contributed by atoms with Gasteiger partial charge in [-0.15, -0.1) is 0 Å². The van der Waals surface area contributed by atoms with Gasteiger partial charge in [0.05, 0.1) is 5.69 Å². The van der Waals surface area contributed by atoms with Crippen LogP contribution in [0.4, 0.5) is 11.4 Å². The molecule has 3 aromatic carbocycles. The van der Waals surface area contributed by atoms with Crippen molar-refractivity contribution >= 4 is 32.9 Å². The van der Waals surface area contributed by atoms with Crippen molar-refractivity contribution in [2.45, 2.75) is 34.6 Å². The molecule has 0 aliphatic rings. The monoisotopic (exact) mass is 564 g/mol. The zero-order valence-corrected chi connectivity index (χ0v) is 26.3. The molecule has 3 rings (SSSR count). The summed E-state index contributed by atoms with van der Waals surface area (Å²) in [5.41, 5.74) is 6.38. The molecule has 0 aliphatic heterocycles. The molecule has 0 fully saturated rings. The normalized spacial score (nSPS) is 13.7. The van der Waals surface area contributed by atoms with Crippen LogP contribution in [0, 0.1) is 0 Å². The van der Waals surface area contributed by atoms with Gasteiger partial charge in [-0.1, -0.05) is 111 Å². The first-order chi connectivity index (χ1) is 21.0. The zero-order chi connectivity index (χ0) is 31.2. The Hall–Kier alpha value is -5.08. The highest BCUT2D eigenvalue weighted by Crippen LogP contribution is 2.40. The van der Waals surface area contributed by atoms with Crippen molar-refractivity contribution in [1.29, 1.82) is 0 Å². The van der Waals surface area contributed by atoms with E-state index in [1.165, 1.54) is 10.8 Å². The van der Waals surface area contributed by atoms with Crippen LogP contribution in [0.1, 0.15) is 34.6 Å². The van der Waals surface area contributed by atoms with Crippen LogP contribution >= 0.6 is 0 Å². The topological polar surface area (TPSA) is 6.48 Å². The minimum atomic E-state index is 1.04. The van der Waals surface area contributed by atoms with Crippen molar-refractivity contribution in [1.82, 2.24) is 0 Å². The number of hydrogen-bond acceptors (Lipinski definition) is 2. The molecule has 0 radical (unpaired) electrons. The highest BCUT2D eigenvalue weighted by atomic mass is 15.2. The molecule has 0 atom stereocenters. The molecule has 0 aromatic heterocycles. The van der Waals surface area contributed by atoms with Gasteiger partial charge < -0.3 is 9.80 Å². The average Bonchev–Trinajstić information content (AvgIpc) is 3.03. The second-order valence-electron chi connectivity index (χ2n) is 9.68. The molecule has 2 heteroatoms. The molecule has 0 aliphatic carbocycles. The van der Waals surface area contributed by atoms with Gasteiger partial charge in [0.2, 0.25) is 0 Å². The maximum atomic E-state index is 3.98. The quantitative estimate of drug-likeness (QED) is 0.150. The lowest BCUT2D eigenvalue weighted by atomic mass is 9.97. The van der Waals surface area contributed by atoms with Crippen LogP contribution in [0.5, 0.6) is 0 Å². The van der Waals surface area contributed by atoms with Crippen molar-refractivity contribution in [2.24, 2.45) is 0 Å². The number of allylic oxidation sites excluding steroid dienone is 15. The second kappa shape index (κ2) is 16.4. The molecule has 0 unspecified atom stereocenters. The zero-order valence-electron chi connectivity index (χ0n) is 26.3. The Bertz CT molecular complexity index is 1680. The summed E-state index contributed by atoms with van der Waals surface area (Å²) >= 11 is 0. The summed E-state index contributed by atoms with van der Waals surface area (Å²) in [6.07, 6.45) is 30.4. The standard InChI is InChI=1S/C41H44N2/c1-9-17-24-34(15-7)43(35(16-8)25-18-10-2)41-30-32-28-29-37(31-40(32)38-26-19-20-27-39(38)41)42(33(14-6)21-11-3)36(22-12-4)23-13-5/h9-31H,1-2,4H2,3,5-8H3/b21-11-,23-13-,24-17-,25-18-,33-14+,34-15+,35-16+,36-22+. The lowest BCUT2D eigenvalue weighted by Gasteiger charge is -2.30. The molecule has 0 saturated heterocycles. The molecule has 0 spiro atoms. The Morgan fingerprint density at radius 2 is 1.12 bits per heavy atom. The fourth-order valence-electron chi connectivity index (χ4n) is 5.17. The maximum Gasteiger partial charge on any atom is 0.0546 e. The Balaban J connectivity index is 2.44. The number of rotatable bonds is 13. The largest absolute Gasteiger partial charge is 0.311 e. The Kier molecular flexibility index (Phi) is 12.4. The Labute approximate surface area is 259 Å². The Morgan fingerprint density at radius 3 is 1.65 bits per heavy atom. The van der Waals surface area contributed by atoms with E-state index in [0.29, 0.717) is 0 Å². The fraction of sp³-hybridized carbons (Fsp3) is 0.122. The highest BCUT2D eigenvalue weighted by Gasteiger charge is 2.19. The van der Waals surface area contributed by atoms with Gasteiger partial charge in [0.25, 0.3) is 0 Å². The van der Waals surface area contributed by atoms with Crippen molar-refractivity contribution in [3.8, 4) is 0 Å². The van der Waals surface area contributed by atoms with E-state index in [2.05, 4.69) is 154 Å². The molecule has 2 nitrogen and oxygen atoms in total. The van der Waals surface area contributed by atoms with Crippen LogP contribution in [0.3, 0.4) is 0 Å². The number of benzene rings is 3. The number of anilines is 2. The van der Waals surface area contributed by atoms with Gasteiger partial charge in [-0.25, -0.2) is 0 Å². The third-order valence-corrected chi connectivity index (χ3v) is 7.01. The first kappa shape index (κ1) is 32.4. The smallest absolute Gasteiger partial charge is 0.0546 e. The first-order valence-corrected chi connectivity index (χ1v) is 14.7. The predicted octanol–water partition coefficient (Wildman–Crippen LogP) is 12.0. The van der Waals surface area contributed by atoms with E-state index in [0.717, 1.165) is 44.9 Å². The van der Waals surface area contributed by atoms with Gasteiger partial charge in [0.15, 0.2) is 0 Å². The van der Waals surface area contributed by atoms with Crippen LogP contribution in [0.15, 0.2) is 182 Å². The van der Waals surface area contributed by atoms with E-state index >= 15 is 0 Å². The Morgan fingerprint density at radius 1 is 0.558 bits per heavy atom. The summed E-state index contributed by atoms with van der Waals surface area (Å²) in [7, 11) is 0. The highest BCUT2D eigenvalue weighted by molar-refractivity contribution is 6.14. The summed E-state index contributed by atoms with van der Waals surface area (Å²) in [5, 5.41) is 4.68. The number of nitrogens with zero attached hydrogens (tertiary/aromatic N) is 2. The van der Waals surface area contributed by atoms with Crippen LogP contribution < -0.4 is 9.80 Å². The molecule has 0 heterocycles. The minimum absolute atomic E-state index is 1.04. The van der Waals surface area contributed by atoms with Crippen LogP contribution in [0.25, 0.3) is 21.5 Å².